The first-order chi connectivity index (χ1) is 9.54. The molecule has 20 heavy (non-hydrogen) atoms. The molecule has 6 nitrogen and oxygen atoms in total. The van der Waals surface area contributed by atoms with Gasteiger partial charge in [-0.15, -0.1) is 0 Å². The largest absolute Gasteiger partial charge is 0.451 e. The Morgan fingerprint density at radius 1 is 1.05 bits per heavy atom. The lowest BCUT2D eigenvalue weighted by atomic mass is 10.3. The number of anilines is 1. The van der Waals surface area contributed by atoms with Crippen LogP contribution in [-0.4, -0.2) is 46.1 Å². The molecule has 3 heterocycles. The number of halogens is 3. The molecule has 1 fully saturated rings. The van der Waals surface area contributed by atoms with Gasteiger partial charge in [0.05, 0.1) is 12.4 Å². The molecule has 2 aromatic rings. The zero-order valence-corrected chi connectivity index (χ0v) is 10.4. The average Bonchev–Trinajstić information content (AvgIpc) is 2.46. The lowest BCUT2D eigenvalue weighted by Crippen LogP contribution is -2.43. The van der Waals surface area contributed by atoms with E-state index >= 15 is 0 Å². The quantitative estimate of drug-likeness (QED) is 0.837. The maximum absolute atomic E-state index is 12.6. The van der Waals surface area contributed by atoms with Crippen LogP contribution in [0.2, 0.25) is 0 Å². The van der Waals surface area contributed by atoms with E-state index in [4.69, 9.17) is 0 Å². The maximum atomic E-state index is 12.6. The number of alkyl halides is 3. The first-order valence-electron chi connectivity index (χ1n) is 6.07. The number of fused-ring (bicyclic) bond motifs is 1. The third kappa shape index (κ3) is 2.48. The first kappa shape index (κ1) is 13.0. The molecule has 0 atom stereocenters. The van der Waals surface area contributed by atoms with Gasteiger partial charge in [-0.1, -0.05) is 0 Å². The second-order valence-corrected chi connectivity index (χ2v) is 4.37. The van der Waals surface area contributed by atoms with E-state index in [1.165, 1.54) is 6.20 Å². The summed E-state index contributed by atoms with van der Waals surface area (Å²) in [5.74, 6) is -0.664. The molecule has 9 heteroatoms. The highest BCUT2D eigenvalue weighted by atomic mass is 19.4. The summed E-state index contributed by atoms with van der Waals surface area (Å²) in [7, 11) is 0. The summed E-state index contributed by atoms with van der Waals surface area (Å²) >= 11 is 0. The van der Waals surface area contributed by atoms with Gasteiger partial charge in [-0.3, -0.25) is 0 Å². The summed E-state index contributed by atoms with van der Waals surface area (Å²) < 4.78 is 37.7. The van der Waals surface area contributed by atoms with Crippen molar-refractivity contribution in [3.05, 3.63) is 18.2 Å². The van der Waals surface area contributed by atoms with E-state index in [0.717, 1.165) is 32.4 Å². The molecule has 1 saturated heterocycles. The van der Waals surface area contributed by atoms with Gasteiger partial charge in [0.1, 0.15) is 11.3 Å². The number of piperazine rings is 1. The fourth-order valence-electron chi connectivity index (χ4n) is 1.99. The SMILES string of the molecule is FC(F)(F)c1ncc2ncc(N3CCNCC3)nc2n1. The zero-order valence-electron chi connectivity index (χ0n) is 10.4. The molecule has 1 N–H and O–H groups in total. The van der Waals surface area contributed by atoms with Crippen LogP contribution in [0.25, 0.3) is 11.2 Å². The fraction of sp³-hybridized carbons (Fsp3) is 0.455. The van der Waals surface area contributed by atoms with E-state index < -0.39 is 12.0 Å². The Labute approximate surface area is 112 Å². The van der Waals surface area contributed by atoms with Crippen LogP contribution in [-0.2, 0) is 6.18 Å². The highest BCUT2D eigenvalue weighted by Gasteiger charge is 2.35. The lowest BCUT2D eigenvalue weighted by molar-refractivity contribution is -0.144. The molecule has 1 aliphatic rings. The van der Waals surface area contributed by atoms with E-state index in [0.29, 0.717) is 5.82 Å². The van der Waals surface area contributed by atoms with Gasteiger partial charge in [-0.2, -0.15) is 13.2 Å². The average molecular weight is 284 g/mol. The van der Waals surface area contributed by atoms with Crippen LogP contribution in [0, 0.1) is 0 Å². The molecule has 3 rings (SSSR count). The predicted octanol–water partition coefficient (Wildman–Crippen LogP) is 0.848. The van der Waals surface area contributed by atoms with Crippen molar-refractivity contribution in [2.45, 2.75) is 6.18 Å². The lowest BCUT2D eigenvalue weighted by Gasteiger charge is -2.28. The number of aromatic nitrogens is 4. The second kappa shape index (κ2) is 4.82. The number of hydrogen-bond acceptors (Lipinski definition) is 6. The zero-order chi connectivity index (χ0) is 14.2. The van der Waals surface area contributed by atoms with Crippen LogP contribution < -0.4 is 10.2 Å². The molecule has 0 aliphatic carbocycles. The molecular formula is C11H11F3N6. The summed E-state index contributed by atoms with van der Waals surface area (Å²) in [6.07, 6.45) is -2.01. The van der Waals surface area contributed by atoms with Crippen LogP contribution in [0.5, 0.6) is 0 Å². The summed E-state index contributed by atoms with van der Waals surface area (Å²) in [5, 5.41) is 3.19. The Morgan fingerprint density at radius 2 is 1.80 bits per heavy atom. The van der Waals surface area contributed by atoms with E-state index in [-0.39, 0.29) is 11.2 Å². The molecule has 0 saturated carbocycles. The van der Waals surface area contributed by atoms with Gasteiger partial charge >= 0.3 is 6.18 Å². The molecule has 1 aliphatic heterocycles. The topological polar surface area (TPSA) is 66.8 Å². The maximum Gasteiger partial charge on any atom is 0.451 e. The van der Waals surface area contributed by atoms with Gasteiger partial charge in [0, 0.05) is 26.2 Å². The van der Waals surface area contributed by atoms with Gasteiger partial charge in [-0.05, 0) is 0 Å². The Balaban J connectivity index is 2.00. The monoisotopic (exact) mass is 284 g/mol. The van der Waals surface area contributed by atoms with E-state index in [1.807, 2.05) is 4.90 Å². The van der Waals surface area contributed by atoms with Gasteiger partial charge in [-0.25, -0.2) is 19.9 Å². The molecule has 2 aromatic heterocycles. The van der Waals surface area contributed by atoms with Crippen molar-refractivity contribution in [1.29, 1.82) is 0 Å². The van der Waals surface area contributed by atoms with Crippen LogP contribution in [0.15, 0.2) is 12.4 Å². The molecule has 0 amide bonds. The minimum Gasteiger partial charge on any atom is -0.353 e. The van der Waals surface area contributed by atoms with Gasteiger partial charge < -0.3 is 10.2 Å². The number of rotatable bonds is 1. The number of hydrogen-bond donors (Lipinski definition) is 1. The fourth-order valence-corrected chi connectivity index (χ4v) is 1.99. The van der Waals surface area contributed by atoms with Crippen molar-refractivity contribution in [2.75, 3.05) is 31.1 Å². The Hall–Kier alpha value is -2.03. The number of nitrogens with one attached hydrogen (secondary N) is 1. The molecular weight excluding hydrogens is 273 g/mol. The minimum absolute atomic E-state index is 0.0386. The van der Waals surface area contributed by atoms with Gasteiger partial charge in [0.15, 0.2) is 5.65 Å². The Kier molecular flexibility index (Phi) is 3.13. The summed E-state index contributed by atoms with van der Waals surface area (Å²) in [6, 6.07) is 0. The van der Waals surface area contributed by atoms with Crippen molar-refractivity contribution in [1.82, 2.24) is 25.3 Å². The van der Waals surface area contributed by atoms with Gasteiger partial charge in [0.2, 0.25) is 5.82 Å². The highest BCUT2D eigenvalue weighted by molar-refractivity contribution is 5.70. The third-order valence-corrected chi connectivity index (χ3v) is 2.98. The second-order valence-electron chi connectivity index (χ2n) is 4.37. The normalized spacial score (nSPS) is 16.6. The Bertz CT molecular complexity index is 623. The minimum atomic E-state index is -4.58. The van der Waals surface area contributed by atoms with Crippen LogP contribution in [0.1, 0.15) is 5.82 Å². The molecule has 0 unspecified atom stereocenters. The highest BCUT2D eigenvalue weighted by Crippen LogP contribution is 2.26. The summed E-state index contributed by atoms with van der Waals surface area (Å²) in [5.41, 5.74) is 0.209. The van der Waals surface area contributed by atoms with Crippen molar-refractivity contribution in [2.24, 2.45) is 0 Å². The molecule has 0 bridgehead atoms. The van der Waals surface area contributed by atoms with Gasteiger partial charge in [0.25, 0.3) is 0 Å². The molecule has 0 radical (unpaired) electrons. The van der Waals surface area contributed by atoms with Crippen LogP contribution >= 0.6 is 0 Å². The number of nitrogens with zero attached hydrogens (tertiary/aromatic N) is 5. The van der Waals surface area contributed by atoms with Crippen molar-refractivity contribution < 1.29 is 13.2 Å². The third-order valence-electron chi connectivity index (χ3n) is 2.98. The van der Waals surface area contributed by atoms with E-state index in [9.17, 15) is 13.2 Å². The summed E-state index contributed by atoms with van der Waals surface area (Å²) in [4.78, 5) is 16.9. The predicted molar refractivity (Wildman–Crippen MR) is 65.2 cm³/mol. The molecule has 0 aromatic carbocycles. The summed E-state index contributed by atoms with van der Waals surface area (Å²) in [6.45, 7) is 3.07. The van der Waals surface area contributed by atoms with Crippen molar-refractivity contribution in [3.8, 4) is 0 Å². The van der Waals surface area contributed by atoms with Crippen molar-refractivity contribution >= 4 is 17.0 Å². The molecule has 0 spiro atoms. The standard InChI is InChI=1S/C11H11F3N6/c12-11(13,14)10-17-5-7-9(19-10)18-8(6-16-7)20-3-1-15-2-4-20/h5-6,15H,1-4H2. The van der Waals surface area contributed by atoms with E-state index in [2.05, 4.69) is 25.3 Å². The smallest absolute Gasteiger partial charge is 0.353 e. The first-order valence-corrected chi connectivity index (χ1v) is 6.07. The molecule has 106 valence electrons. The van der Waals surface area contributed by atoms with Crippen LogP contribution in [0.4, 0.5) is 19.0 Å². The van der Waals surface area contributed by atoms with Crippen LogP contribution in [0.3, 0.4) is 0 Å². The van der Waals surface area contributed by atoms with E-state index in [1.54, 1.807) is 0 Å². The van der Waals surface area contributed by atoms with Crippen molar-refractivity contribution in [3.63, 3.8) is 0 Å². The Morgan fingerprint density at radius 3 is 2.50 bits per heavy atom.